The summed E-state index contributed by atoms with van der Waals surface area (Å²) in [5.41, 5.74) is 1.14. The molecule has 4 rings (SSSR count). The maximum atomic E-state index is 12.8. The third-order valence-corrected chi connectivity index (χ3v) is 4.92. The molecule has 3 aromatic rings. The molecular formula is C20H21F3N4O2. The first-order valence-electron chi connectivity index (χ1n) is 9.40. The van der Waals surface area contributed by atoms with E-state index in [0.717, 1.165) is 25.9 Å². The standard InChI is InChI=1S/C20H21F3N4O2/c1-26-10-4-5-14(12-26)13-28-19-9-8-18-24-11-16(27(18)25-19)15-6-2-3-7-17(15)29-20(21,22)23/h2-3,6-9,11,14H,4-5,10,12-13H2,1H3. The number of rotatable bonds is 5. The number of benzene rings is 1. The minimum absolute atomic E-state index is 0.246. The number of likely N-dealkylation sites (tertiary alicyclic amines) is 1. The highest BCUT2D eigenvalue weighted by molar-refractivity contribution is 5.69. The second-order valence-corrected chi connectivity index (χ2v) is 7.21. The van der Waals surface area contributed by atoms with Crippen LogP contribution in [0.15, 0.2) is 42.6 Å². The maximum Gasteiger partial charge on any atom is 0.573 e. The van der Waals surface area contributed by atoms with Gasteiger partial charge in [0, 0.05) is 24.1 Å². The molecule has 9 heteroatoms. The Kier molecular flexibility index (Phi) is 5.31. The van der Waals surface area contributed by atoms with Crippen LogP contribution in [0.3, 0.4) is 0 Å². The predicted molar refractivity (Wildman–Crippen MR) is 101 cm³/mol. The number of alkyl halides is 3. The number of ether oxygens (including phenoxy) is 2. The van der Waals surface area contributed by atoms with Crippen molar-refractivity contribution in [2.75, 3.05) is 26.7 Å². The van der Waals surface area contributed by atoms with Crippen molar-refractivity contribution in [3.63, 3.8) is 0 Å². The molecule has 0 amide bonds. The summed E-state index contributed by atoms with van der Waals surface area (Å²) in [7, 11) is 2.09. The van der Waals surface area contributed by atoms with Gasteiger partial charge in [-0.1, -0.05) is 12.1 Å². The summed E-state index contributed by atoms with van der Waals surface area (Å²) in [5, 5.41) is 4.43. The van der Waals surface area contributed by atoms with Crippen LogP contribution in [0.1, 0.15) is 12.8 Å². The summed E-state index contributed by atoms with van der Waals surface area (Å²) < 4.78 is 49.8. The summed E-state index contributed by atoms with van der Waals surface area (Å²) in [6.45, 7) is 2.61. The number of nitrogens with zero attached hydrogens (tertiary/aromatic N) is 4. The normalized spacial score (nSPS) is 18.1. The number of hydrogen-bond acceptors (Lipinski definition) is 5. The second-order valence-electron chi connectivity index (χ2n) is 7.21. The molecule has 0 aliphatic carbocycles. The van der Waals surface area contributed by atoms with Crippen LogP contribution >= 0.6 is 0 Å². The average molecular weight is 406 g/mol. The molecule has 29 heavy (non-hydrogen) atoms. The fraction of sp³-hybridized carbons (Fsp3) is 0.400. The molecule has 1 saturated heterocycles. The molecule has 1 fully saturated rings. The van der Waals surface area contributed by atoms with Gasteiger partial charge in [-0.15, -0.1) is 18.3 Å². The molecule has 0 N–H and O–H groups in total. The van der Waals surface area contributed by atoms with Crippen LogP contribution in [0.2, 0.25) is 0 Å². The third kappa shape index (κ3) is 4.61. The van der Waals surface area contributed by atoms with Crippen LogP contribution in [-0.4, -0.2) is 52.6 Å². The highest BCUT2D eigenvalue weighted by Crippen LogP contribution is 2.34. The zero-order valence-corrected chi connectivity index (χ0v) is 15.9. The Labute approximate surface area is 165 Å². The molecule has 0 bridgehead atoms. The largest absolute Gasteiger partial charge is 0.573 e. The number of para-hydroxylation sites is 1. The number of halogens is 3. The van der Waals surface area contributed by atoms with Gasteiger partial charge >= 0.3 is 6.36 Å². The van der Waals surface area contributed by atoms with E-state index in [1.54, 1.807) is 18.2 Å². The lowest BCUT2D eigenvalue weighted by atomic mass is 10.00. The minimum Gasteiger partial charge on any atom is -0.476 e. The molecule has 1 aromatic carbocycles. The zero-order chi connectivity index (χ0) is 20.4. The maximum absolute atomic E-state index is 12.8. The van der Waals surface area contributed by atoms with Gasteiger partial charge in [0.2, 0.25) is 5.88 Å². The zero-order valence-electron chi connectivity index (χ0n) is 15.9. The molecule has 1 aliphatic rings. The van der Waals surface area contributed by atoms with Crippen molar-refractivity contribution in [1.29, 1.82) is 0 Å². The van der Waals surface area contributed by atoms with E-state index in [2.05, 4.69) is 26.8 Å². The van der Waals surface area contributed by atoms with Crippen molar-refractivity contribution in [2.45, 2.75) is 19.2 Å². The molecule has 3 heterocycles. The van der Waals surface area contributed by atoms with Gasteiger partial charge in [-0.3, -0.25) is 0 Å². The van der Waals surface area contributed by atoms with Gasteiger partial charge < -0.3 is 14.4 Å². The minimum atomic E-state index is -4.79. The molecule has 0 saturated carbocycles. The first kappa shape index (κ1) is 19.5. The van der Waals surface area contributed by atoms with E-state index in [0.29, 0.717) is 29.7 Å². The number of hydrogen-bond donors (Lipinski definition) is 0. The molecular weight excluding hydrogens is 385 g/mol. The van der Waals surface area contributed by atoms with Crippen LogP contribution in [0, 0.1) is 5.92 Å². The Morgan fingerprint density at radius 2 is 2.00 bits per heavy atom. The van der Waals surface area contributed by atoms with Crippen molar-refractivity contribution >= 4 is 5.65 Å². The first-order valence-corrected chi connectivity index (χ1v) is 9.40. The topological polar surface area (TPSA) is 51.9 Å². The van der Waals surface area contributed by atoms with Gasteiger partial charge in [-0.05, 0) is 44.6 Å². The van der Waals surface area contributed by atoms with E-state index >= 15 is 0 Å². The van der Waals surface area contributed by atoms with E-state index in [9.17, 15) is 13.2 Å². The van der Waals surface area contributed by atoms with E-state index < -0.39 is 6.36 Å². The third-order valence-electron chi connectivity index (χ3n) is 4.92. The lowest BCUT2D eigenvalue weighted by molar-refractivity contribution is -0.274. The quantitative estimate of drug-likeness (QED) is 0.641. The second kappa shape index (κ2) is 7.90. The van der Waals surface area contributed by atoms with E-state index in [-0.39, 0.29) is 11.3 Å². The molecule has 154 valence electrons. The van der Waals surface area contributed by atoms with Gasteiger partial charge in [0.25, 0.3) is 0 Å². The molecule has 1 unspecified atom stereocenters. The SMILES string of the molecule is CN1CCCC(COc2ccc3ncc(-c4ccccc4OC(F)(F)F)n3n2)C1. The van der Waals surface area contributed by atoms with Crippen LogP contribution in [0.5, 0.6) is 11.6 Å². The van der Waals surface area contributed by atoms with Crippen molar-refractivity contribution < 1.29 is 22.6 Å². The lowest BCUT2D eigenvalue weighted by Crippen LogP contribution is -2.34. The van der Waals surface area contributed by atoms with Gasteiger partial charge in [0.05, 0.1) is 18.5 Å². The van der Waals surface area contributed by atoms with Crippen molar-refractivity contribution in [1.82, 2.24) is 19.5 Å². The van der Waals surface area contributed by atoms with Gasteiger partial charge in [-0.2, -0.15) is 0 Å². The van der Waals surface area contributed by atoms with Crippen molar-refractivity contribution in [3.8, 4) is 22.9 Å². The molecule has 6 nitrogen and oxygen atoms in total. The van der Waals surface area contributed by atoms with Crippen LogP contribution in [-0.2, 0) is 0 Å². The number of imidazole rings is 1. The Hall–Kier alpha value is -2.81. The summed E-state index contributed by atoms with van der Waals surface area (Å²) in [5.74, 6) is 0.522. The Morgan fingerprint density at radius 1 is 1.17 bits per heavy atom. The molecule has 2 aromatic heterocycles. The van der Waals surface area contributed by atoms with Crippen molar-refractivity contribution in [3.05, 3.63) is 42.6 Å². The Bertz CT molecular complexity index is 989. The Balaban J connectivity index is 1.60. The van der Waals surface area contributed by atoms with E-state index in [4.69, 9.17) is 4.74 Å². The number of piperidine rings is 1. The average Bonchev–Trinajstić information content (AvgIpc) is 3.09. The van der Waals surface area contributed by atoms with Gasteiger partial charge in [-0.25, -0.2) is 9.50 Å². The fourth-order valence-corrected chi connectivity index (χ4v) is 3.62. The smallest absolute Gasteiger partial charge is 0.476 e. The van der Waals surface area contributed by atoms with E-state index in [1.165, 1.54) is 28.9 Å². The number of fused-ring (bicyclic) bond motifs is 1. The summed E-state index contributed by atoms with van der Waals surface area (Å²) in [6.07, 6.45) is -1.07. The highest BCUT2D eigenvalue weighted by Gasteiger charge is 2.32. The first-order chi connectivity index (χ1) is 13.9. The molecule has 0 radical (unpaired) electrons. The van der Waals surface area contributed by atoms with Gasteiger partial charge in [0.15, 0.2) is 5.65 Å². The van der Waals surface area contributed by atoms with Crippen LogP contribution in [0.4, 0.5) is 13.2 Å². The van der Waals surface area contributed by atoms with Gasteiger partial charge in [0.1, 0.15) is 5.75 Å². The summed E-state index contributed by atoms with van der Waals surface area (Å²) >= 11 is 0. The molecule has 1 aliphatic heterocycles. The summed E-state index contributed by atoms with van der Waals surface area (Å²) in [6, 6.07) is 9.37. The van der Waals surface area contributed by atoms with Crippen LogP contribution in [0.25, 0.3) is 16.9 Å². The van der Waals surface area contributed by atoms with Crippen LogP contribution < -0.4 is 9.47 Å². The lowest BCUT2D eigenvalue weighted by Gasteiger charge is -2.29. The van der Waals surface area contributed by atoms with Crippen molar-refractivity contribution in [2.24, 2.45) is 5.92 Å². The number of aromatic nitrogens is 3. The molecule has 0 spiro atoms. The van der Waals surface area contributed by atoms with E-state index in [1.807, 2.05) is 0 Å². The summed E-state index contributed by atoms with van der Waals surface area (Å²) in [4.78, 5) is 6.51. The highest BCUT2D eigenvalue weighted by atomic mass is 19.4. The monoisotopic (exact) mass is 406 g/mol. The fourth-order valence-electron chi connectivity index (χ4n) is 3.62. The molecule has 1 atom stereocenters. The Morgan fingerprint density at radius 3 is 2.79 bits per heavy atom. The predicted octanol–water partition coefficient (Wildman–Crippen LogP) is 4.02.